The van der Waals surface area contributed by atoms with Crippen molar-refractivity contribution in [2.24, 2.45) is 0 Å². The molecule has 0 radical (unpaired) electrons. The van der Waals surface area contributed by atoms with E-state index in [1.54, 1.807) is 0 Å². The first-order valence-corrected chi connectivity index (χ1v) is 8.77. The Morgan fingerprint density at radius 2 is 1.82 bits per heavy atom. The van der Waals surface area contributed by atoms with E-state index in [4.69, 9.17) is 4.74 Å². The average Bonchev–Trinajstić information content (AvgIpc) is 2.49. The Labute approximate surface area is 135 Å². The van der Waals surface area contributed by atoms with Crippen molar-refractivity contribution in [1.82, 2.24) is 10.2 Å². The molecule has 2 aliphatic rings. The number of likely N-dealkylation sites (tertiary alicyclic amines) is 1. The monoisotopic (exact) mass is 302 g/mol. The van der Waals surface area contributed by atoms with Crippen molar-refractivity contribution in [1.29, 1.82) is 0 Å². The molecule has 0 aliphatic carbocycles. The Hall–Kier alpha value is -0.900. The molecule has 0 spiro atoms. The largest absolute Gasteiger partial charge is 0.375 e. The molecule has 2 saturated heterocycles. The molecule has 1 N–H and O–H groups in total. The summed E-state index contributed by atoms with van der Waals surface area (Å²) in [6.45, 7) is 8.83. The Balaban J connectivity index is 1.42. The van der Waals surface area contributed by atoms with Gasteiger partial charge in [-0.05, 0) is 58.2 Å². The highest BCUT2D eigenvalue weighted by molar-refractivity contribution is 5.14. The molecule has 0 aromatic heterocycles. The molecule has 22 heavy (non-hydrogen) atoms. The molecule has 1 unspecified atom stereocenters. The third-order valence-corrected chi connectivity index (χ3v) is 5.01. The molecule has 1 aromatic rings. The lowest BCUT2D eigenvalue weighted by molar-refractivity contribution is -0.0649. The van der Waals surface area contributed by atoms with Crippen LogP contribution in [0.5, 0.6) is 0 Å². The van der Waals surface area contributed by atoms with Crippen LogP contribution in [0.3, 0.4) is 0 Å². The summed E-state index contributed by atoms with van der Waals surface area (Å²) in [5, 5.41) is 3.89. The average molecular weight is 302 g/mol. The Bertz CT molecular complexity index is 452. The highest BCUT2D eigenvalue weighted by atomic mass is 16.5. The minimum absolute atomic E-state index is 0.0456. The molecular weight excluding hydrogens is 272 g/mol. The summed E-state index contributed by atoms with van der Waals surface area (Å²) in [5.41, 5.74) is 1.48. The number of nitrogens with one attached hydrogen (secondary N) is 1. The van der Waals surface area contributed by atoms with Crippen LogP contribution in [0.1, 0.15) is 45.1 Å². The fraction of sp³-hybridized carbons (Fsp3) is 0.684. The maximum absolute atomic E-state index is 5.82. The molecule has 1 atom stereocenters. The summed E-state index contributed by atoms with van der Waals surface area (Å²) < 4.78 is 5.82. The SMILES string of the molecule is CC1(C)CC(NC2CCN(Cc3ccccc3)CC2)CCO1. The minimum Gasteiger partial charge on any atom is -0.375 e. The summed E-state index contributed by atoms with van der Waals surface area (Å²) in [5.74, 6) is 0. The van der Waals surface area contributed by atoms with Gasteiger partial charge in [-0.25, -0.2) is 0 Å². The first-order chi connectivity index (χ1) is 10.6. The van der Waals surface area contributed by atoms with Crippen LogP contribution in [0, 0.1) is 0 Å². The van der Waals surface area contributed by atoms with Crippen molar-refractivity contribution in [2.75, 3.05) is 19.7 Å². The standard InChI is InChI=1S/C19H30N2O/c1-19(2)14-18(10-13-22-19)20-17-8-11-21(12-9-17)15-16-6-4-3-5-7-16/h3-7,17-18,20H,8-15H2,1-2H3. The minimum atomic E-state index is 0.0456. The predicted octanol–water partition coefficient (Wildman–Crippen LogP) is 3.20. The third kappa shape index (κ3) is 4.55. The lowest BCUT2D eigenvalue weighted by Gasteiger charge is -2.40. The van der Waals surface area contributed by atoms with E-state index in [9.17, 15) is 0 Å². The molecule has 0 amide bonds. The molecule has 2 fully saturated rings. The predicted molar refractivity (Wildman–Crippen MR) is 90.9 cm³/mol. The molecular formula is C19H30N2O. The van der Waals surface area contributed by atoms with Gasteiger partial charge in [0.15, 0.2) is 0 Å². The summed E-state index contributed by atoms with van der Waals surface area (Å²) in [6.07, 6.45) is 4.83. The van der Waals surface area contributed by atoms with Crippen LogP contribution in [-0.4, -0.2) is 42.3 Å². The normalized spacial score (nSPS) is 26.9. The summed E-state index contributed by atoms with van der Waals surface area (Å²) in [4.78, 5) is 2.58. The molecule has 3 nitrogen and oxygen atoms in total. The van der Waals surface area contributed by atoms with Gasteiger partial charge in [0.25, 0.3) is 0 Å². The highest BCUT2D eigenvalue weighted by Gasteiger charge is 2.30. The fourth-order valence-electron chi connectivity index (χ4n) is 3.81. The van der Waals surface area contributed by atoms with E-state index in [1.807, 2.05) is 0 Å². The van der Waals surface area contributed by atoms with Gasteiger partial charge in [0, 0.05) is 25.2 Å². The van der Waals surface area contributed by atoms with Gasteiger partial charge in [0.05, 0.1) is 5.60 Å². The van der Waals surface area contributed by atoms with E-state index in [-0.39, 0.29) is 5.60 Å². The van der Waals surface area contributed by atoms with E-state index >= 15 is 0 Å². The van der Waals surface area contributed by atoms with Crippen LogP contribution in [0.25, 0.3) is 0 Å². The van der Waals surface area contributed by atoms with Gasteiger partial charge in [-0.1, -0.05) is 30.3 Å². The van der Waals surface area contributed by atoms with Crippen molar-refractivity contribution in [3.8, 4) is 0 Å². The lowest BCUT2D eigenvalue weighted by Crippen LogP contribution is -2.50. The van der Waals surface area contributed by atoms with Crippen molar-refractivity contribution in [3.05, 3.63) is 35.9 Å². The molecule has 2 aliphatic heterocycles. The number of hydrogen-bond donors (Lipinski definition) is 1. The third-order valence-electron chi connectivity index (χ3n) is 5.01. The number of benzene rings is 1. The van der Waals surface area contributed by atoms with Crippen molar-refractivity contribution >= 4 is 0 Å². The van der Waals surface area contributed by atoms with Gasteiger partial charge >= 0.3 is 0 Å². The van der Waals surface area contributed by atoms with Crippen molar-refractivity contribution in [2.45, 2.75) is 63.8 Å². The zero-order chi connectivity index (χ0) is 15.4. The number of ether oxygens (including phenoxy) is 1. The van der Waals surface area contributed by atoms with Crippen LogP contribution in [-0.2, 0) is 11.3 Å². The topological polar surface area (TPSA) is 24.5 Å². The Kier molecular flexibility index (Phi) is 5.17. The van der Waals surface area contributed by atoms with Crippen LogP contribution in [0.2, 0.25) is 0 Å². The molecule has 122 valence electrons. The van der Waals surface area contributed by atoms with E-state index < -0.39 is 0 Å². The van der Waals surface area contributed by atoms with Crippen molar-refractivity contribution in [3.63, 3.8) is 0 Å². The Morgan fingerprint density at radius 3 is 2.50 bits per heavy atom. The van der Waals surface area contributed by atoms with Gasteiger partial charge in [-0.3, -0.25) is 4.90 Å². The van der Waals surface area contributed by atoms with Crippen LogP contribution >= 0.6 is 0 Å². The second-order valence-electron chi connectivity index (χ2n) is 7.50. The maximum Gasteiger partial charge on any atom is 0.0641 e. The second kappa shape index (κ2) is 7.12. The van der Waals surface area contributed by atoms with Gasteiger partial charge < -0.3 is 10.1 Å². The van der Waals surface area contributed by atoms with E-state index in [0.29, 0.717) is 12.1 Å². The number of piperidine rings is 1. The van der Waals surface area contributed by atoms with E-state index in [0.717, 1.165) is 26.0 Å². The number of rotatable bonds is 4. The zero-order valence-corrected chi connectivity index (χ0v) is 14.1. The number of nitrogens with zero attached hydrogens (tertiary/aromatic N) is 1. The number of hydrogen-bond acceptors (Lipinski definition) is 3. The summed E-state index contributed by atoms with van der Waals surface area (Å²) in [7, 11) is 0. The molecule has 2 heterocycles. The van der Waals surface area contributed by atoms with E-state index in [1.165, 1.54) is 31.5 Å². The lowest BCUT2D eigenvalue weighted by atomic mass is 9.92. The molecule has 0 saturated carbocycles. The smallest absolute Gasteiger partial charge is 0.0641 e. The zero-order valence-electron chi connectivity index (χ0n) is 14.1. The summed E-state index contributed by atoms with van der Waals surface area (Å²) >= 11 is 0. The molecule has 3 rings (SSSR count). The van der Waals surface area contributed by atoms with Gasteiger partial charge in [0.1, 0.15) is 0 Å². The summed E-state index contributed by atoms with van der Waals surface area (Å²) in [6, 6.07) is 12.1. The highest BCUT2D eigenvalue weighted by Crippen LogP contribution is 2.25. The fourth-order valence-corrected chi connectivity index (χ4v) is 3.81. The van der Waals surface area contributed by atoms with Gasteiger partial charge in [-0.2, -0.15) is 0 Å². The second-order valence-corrected chi connectivity index (χ2v) is 7.50. The van der Waals surface area contributed by atoms with Crippen LogP contribution < -0.4 is 5.32 Å². The first-order valence-electron chi connectivity index (χ1n) is 8.77. The first kappa shape index (κ1) is 16.0. The molecule has 0 bridgehead atoms. The van der Waals surface area contributed by atoms with Crippen LogP contribution in [0.4, 0.5) is 0 Å². The maximum atomic E-state index is 5.82. The molecule has 3 heteroatoms. The Morgan fingerprint density at radius 1 is 1.09 bits per heavy atom. The van der Waals surface area contributed by atoms with E-state index in [2.05, 4.69) is 54.4 Å². The van der Waals surface area contributed by atoms with Gasteiger partial charge in [-0.15, -0.1) is 0 Å². The van der Waals surface area contributed by atoms with Gasteiger partial charge in [0.2, 0.25) is 0 Å². The molecule has 1 aromatic carbocycles. The quantitative estimate of drug-likeness (QED) is 0.924. The van der Waals surface area contributed by atoms with Crippen LogP contribution in [0.15, 0.2) is 30.3 Å². The van der Waals surface area contributed by atoms with Crippen molar-refractivity contribution < 1.29 is 4.74 Å².